The van der Waals surface area contributed by atoms with Gasteiger partial charge in [-0.25, -0.2) is 5.01 Å². The van der Waals surface area contributed by atoms with Crippen molar-refractivity contribution in [1.82, 2.24) is 0 Å². The molecule has 4 heteroatoms. The maximum Gasteiger partial charge on any atom is 0.0987 e. The van der Waals surface area contributed by atoms with Gasteiger partial charge < -0.3 is 0 Å². The molecule has 0 spiro atoms. The van der Waals surface area contributed by atoms with Crippen molar-refractivity contribution in [3.63, 3.8) is 0 Å². The molecule has 0 N–H and O–H groups in total. The van der Waals surface area contributed by atoms with Crippen LogP contribution in [0, 0.1) is 23.7 Å². The summed E-state index contributed by atoms with van der Waals surface area (Å²) in [6.45, 7) is 0. The number of nitrogens with zero attached hydrogens (tertiary/aromatic N) is 3. The van der Waals surface area contributed by atoms with E-state index in [1.165, 1.54) is 31.4 Å². The number of hydrogen-bond donors (Lipinski definition) is 0. The van der Waals surface area contributed by atoms with Crippen molar-refractivity contribution in [3.8, 4) is 0 Å². The lowest BCUT2D eigenvalue weighted by Gasteiger charge is -2.35. The van der Waals surface area contributed by atoms with Crippen LogP contribution in [0.2, 0.25) is 0 Å². The number of rotatable bonds is 1. The maximum atomic E-state index is 4.66. The fraction of sp³-hybridized carbons (Fsp3) is 0.625. The molecule has 3 nitrogen and oxygen atoms in total. The Morgan fingerprint density at radius 3 is 2.55 bits per heavy atom. The van der Waals surface area contributed by atoms with Gasteiger partial charge in [0.1, 0.15) is 0 Å². The summed E-state index contributed by atoms with van der Waals surface area (Å²) in [6, 6.07) is 9.53. The molecule has 1 aromatic rings. The lowest BCUT2D eigenvalue weighted by Crippen LogP contribution is -2.44. The van der Waals surface area contributed by atoms with Crippen LogP contribution in [-0.2, 0) is 0 Å². The quantitative estimate of drug-likeness (QED) is 0.747. The molecule has 6 atom stereocenters. The monoisotopic (exact) mass is 331 g/mol. The highest BCUT2D eigenvalue weighted by Gasteiger charge is 2.62. The van der Waals surface area contributed by atoms with Crippen molar-refractivity contribution >= 4 is 21.6 Å². The van der Waals surface area contributed by atoms with E-state index in [0.29, 0.717) is 12.1 Å². The predicted molar refractivity (Wildman–Crippen MR) is 81.5 cm³/mol. The zero-order chi connectivity index (χ0) is 13.3. The molecule has 2 bridgehead atoms. The van der Waals surface area contributed by atoms with Crippen LogP contribution in [-0.4, -0.2) is 12.1 Å². The lowest BCUT2D eigenvalue weighted by molar-refractivity contribution is 0.217. The molecule has 3 aliphatic carbocycles. The first-order valence-electron chi connectivity index (χ1n) is 7.78. The molecule has 3 fully saturated rings. The molecule has 3 saturated carbocycles. The van der Waals surface area contributed by atoms with Crippen LogP contribution in [0.1, 0.15) is 25.7 Å². The third-order valence-corrected chi connectivity index (χ3v) is 6.68. The van der Waals surface area contributed by atoms with Gasteiger partial charge in [0, 0.05) is 4.47 Å². The largest absolute Gasteiger partial charge is 0.242 e. The molecule has 1 aliphatic heterocycles. The summed E-state index contributed by atoms with van der Waals surface area (Å²) >= 11 is 3.51. The first-order valence-corrected chi connectivity index (χ1v) is 8.58. The van der Waals surface area contributed by atoms with E-state index in [1.54, 1.807) is 0 Å². The molecule has 20 heavy (non-hydrogen) atoms. The van der Waals surface area contributed by atoms with Crippen LogP contribution in [0.25, 0.3) is 0 Å². The average molecular weight is 332 g/mol. The highest BCUT2D eigenvalue weighted by molar-refractivity contribution is 9.10. The molecule has 5 rings (SSSR count). The third kappa shape index (κ3) is 1.41. The summed E-state index contributed by atoms with van der Waals surface area (Å²) in [5.74, 6) is 3.57. The molecule has 1 aromatic carbocycles. The van der Waals surface area contributed by atoms with E-state index in [-0.39, 0.29) is 0 Å². The zero-order valence-corrected chi connectivity index (χ0v) is 12.9. The second kappa shape index (κ2) is 4.06. The number of hydrogen-bond acceptors (Lipinski definition) is 3. The van der Waals surface area contributed by atoms with E-state index in [0.717, 1.165) is 28.1 Å². The molecule has 4 aliphatic rings. The Labute approximate surface area is 127 Å². The topological polar surface area (TPSA) is 28.0 Å². The zero-order valence-electron chi connectivity index (χ0n) is 11.3. The Morgan fingerprint density at radius 1 is 1.00 bits per heavy atom. The van der Waals surface area contributed by atoms with E-state index < -0.39 is 0 Å². The minimum atomic E-state index is 0.475. The summed E-state index contributed by atoms with van der Waals surface area (Å²) in [5, 5.41) is 11.4. The molecular formula is C16H18BrN3. The molecule has 1 heterocycles. The Hall–Kier alpha value is -0.900. The van der Waals surface area contributed by atoms with E-state index in [9.17, 15) is 0 Å². The molecule has 104 valence electrons. The number of fused-ring (bicyclic) bond motifs is 8. The Bertz CT molecular complexity index is 570. The van der Waals surface area contributed by atoms with Gasteiger partial charge in [0.15, 0.2) is 0 Å². The van der Waals surface area contributed by atoms with Crippen molar-refractivity contribution in [2.24, 2.45) is 34.0 Å². The van der Waals surface area contributed by atoms with E-state index in [4.69, 9.17) is 0 Å². The van der Waals surface area contributed by atoms with Gasteiger partial charge >= 0.3 is 0 Å². The van der Waals surface area contributed by atoms with E-state index in [2.05, 4.69) is 55.5 Å². The Morgan fingerprint density at radius 2 is 1.75 bits per heavy atom. The summed E-state index contributed by atoms with van der Waals surface area (Å²) in [5.41, 5.74) is 1.20. The third-order valence-electron chi connectivity index (χ3n) is 6.15. The van der Waals surface area contributed by atoms with Crippen molar-refractivity contribution in [2.75, 3.05) is 5.01 Å². The van der Waals surface area contributed by atoms with Crippen LogP contribution >= 0.6 is 15.9 Å². The normalized spacial score (nSPS) is 44.1. The highest BCUT2D eigenvalue weighted by Crippen LogP contribution is 2.62. The number of halogens is 1. The second-order valence-corrected chi connectivity index (χ2v) is 7.74. The maximum absolute atomic E-state index is 4.66. The number of benzene rings is 1. The Balaban J connectivity index is 1.50. The summed E-state index contributed by atoms with van der Waals surface area (Å²) < 4.78 is 1.12. The van der Waals surface area contributed by atoms with E-state index in [1.807, 2.05) is 0 Å². The highest BCUT2D eigenvalue weighted by atomic mass is 79.9. The predicted octanol–water partition coefficient (Wildman–Crippen LogP) is 4.44. The van der Waals surface area contributed by atoms with Crippen molar-refractivity contribution in [2.45, 2.75) is 37.8 Å². The van der Waals surface area contributed by atoms with Crippen LogP contribution in [0.4, 0.5) is 5.69 Å². The summed E-state index contributed by atoms with van der Waals surface area (Å²) in [6.07, 6.45) is 5.74. The first kappa shape index (κ1) is 11.7. The molecule has 0 saturated heterocycles. The van der Waals surface area contributed by atoms with Gasteiger partial charge in [-0.1, -0.05) is 27.6 Å². The standard InChI is InChI=1S/C16H18BrN3/c17-9-4-6-10(7-5-9)20-16-14-8-13(15(16)18-19-20)11-2-1-3-12(11)14/h4-7,11-16H,1-3,8H2/t11-,12-,13+,14+,15-,16-/m0/s1. The van der Waals surface area contributed by atoms with Crippen LogP contribution in [0.3, 0.4) is 0 Å². The van der Waals surface area contributed by atoms with Gasteiger partial charge in [-0.3, -0.25) is 0 Å². The van der Waals surface area contributed by atoms with Gasteiger partial charge in [-0.15, -0.1) is 0 Å². The molecule has 0 aromatic heterocycles. The summed E-state index contributed by atoms with van der Waals surface area (Å²) in [4.78, 5) is 0. The smallest absolute Gasteiger partial charge is 0.0987 e. The van der Waals surface area contributed by atoms with Gasteiger partial charge in [0.05, 0.1) is 17.8 Å². The van der Waals surface area contributed by atoms with Crippen LogP contribution < -0.4 is 5.01 Å². The van der Waals surface area contributed by atoms with Crippen LogP contribution in [0.5, 0.6) is 0 Å². The van der Waals surface area contributed by atoms with E-state index >= 15 is 0 Å². The second-order valence-electron chi connectivity index (χ2n) is 6.83. The molecule has 0 unspecified atom stereocenters. The minimum Gasteiger partial charge on any atom is -0.242 e. The van der Waals surface area contributed by atoms with Gasteiger partial charge in [-0.05, 0) is 67.2 Å². The number of anilines is 1. The van der Waals surface area contributed by atoms with Gasteiger partial charge in [-0.2, -0.15) is 5.11 Å². The molecule has 0 radical (unpaired) electrons. The van der Waals surface area contributed by atoms with Gasteiger partial charge in [0.25, 0.3) is 0 Å². The van der Waals surface area contributed by atoms with Crippen molar-refractivity contribution < 1.29 is 0 Å². The fourth-order valence-electron chi connectivity index (χ4n) is 5.51. The SMILES string of the molecule is Brc1ccc(N2N=N[C@H]3[C@@H]4C[C@H]([C@H]5CCC[C@@H]54)[C@@H]32)cc1. The van der Waals surface area contributed by atoms with Gasteiger partial charge in [0.2, 0.25) is 0 Å². The van der Waals surface area contributed by atoms with Crippen molar-refractivity contribution in [1.29, 1.82) is 0 Å². The lowest BCUT2D eigenvalue weighted by atomic mass is 9.76. The fourth-order valence-corrected chi connectivity index (χ4v) is 5.77. The van der Waals surface area contributed by atoms with Crippen LogP contribution in [0.15, 0.2) is 39.1 Å². The summed E-state index contributed by atoms with van der Waals surface area (Å²) in [7, 11) is 0. The molecule has 0 amide bonds. The minimum absolute atomic E-state index is 0.475. The van der Waals surface area contributed by atoms with Crippen molar-refractivity contribution in [3.05, 3.63) is 28.7 Å². The Kier molecular flexibility index (Phi) is 2.38. The average Bonchev–Trinajstić information content (AvgIpc) is 3.18. The molecular weight excluding hydrogens is 314 g/mol. The first-order chi connectivity index (χ1) is 9.83.